The van der Waals surface area contributed by atoms with Crippen LogP contribution < -0.4 is 10.6 Å². The first kappa shape index (κ1) is 19.9. The van der Waals surface area contributed by atoms with E-state index in [1.807, 2.05) is 18.5 Å². The van der Waals surface area contributed by atoms with Gasteiger partial charge >= 0.3 is 0 Å². The largest absolute Gasteiger partial charge is 0.354 e. The van der Waals surface area contributed by atoms with E-state index >= 15 is 0 Å². The lowest BCUT2D eigenvalue weighted by Crippen LogP contribution is -2.47. The highest BCUT2D eigenvalue weighted by Crippen LogP contribution is 2.40. The Kier molecular flexibility index (Phi) is 6.80. The Bertz CT molecular complexity index is 624. The number of guanidine groups is 1. The van der Waals surface area contributed by atoms with Gasteiger partial charge in [0.2, 0.25) is 0 Å². The van der Waals surface area contributed by atoms with Crippen LogP contribution in [0.1, 0.15) is 69.4 Å². The van der Waals surface area contributed by atoms with Crippen LogP contribution in [-0.2, 0) is 13.6 Å². The van der Waals surface area contributed by atoms with Crippen molar-refractivity contribution in [3.8, 4) is 0 Å². The third-order valence-electron chi connectivity index (χ3n) is 6.36. The standard InChI is InChI=1S/C19H32N6.HI/c1-13-23-24-18(25(13)2)12-20-19(21-16-9-10-16)22-17-8-7-14-5-3-4-6-15(14)11-17;/h14-17H,3-12H2,1-2H3,(H2,20,21,22);1H. The first-order valence-electron chi connectivity index (χ1n) is 10.1. The zero-order valence-electron chi connectivity index (χ0n) is 16.1. The van der Waals surface area contributed by atoms with E-state index in [2.05, 4.69) is 20.8 Å². The second-order valence-electron chi connectivity index (χ2n) is 8.26. The molecule has 3 atom stereocenters. The molecule has 0 bridgehead atoms. The maximum absolute atomic E-state index is 4.82. The van der Waals surface area contributed by atoms with Gasteiger partial charge in [0, 0.05) is 19.1 Å². The van der Waals surface area contributed by atoms with Crippen molar-refractivity contribution in [2.75, 3.05) is 0 Å². The number of aliphatic imine (C=N–C) groups is 1. The van der Waals surface area contributed by atoms with Gasteiger partial charge in [0.1, 0.15) is 12.4 Å². The molecule has 0 aromatic carbocycles. The topological polar surface area (TPSA) is 67.1 Å². The second-order valence-corrected chi connectivity index (χ2v) is 8.26. The molecule has 0 saturated heterocycles. The summed E-state index contributed by atoms with van der Waals surface area (Å²) in [6, 6.07) is 1.18. The van der Waals surface area contributed by atoms with E-state index in [-0.39, 0.29) is 24.0 Å². The highest BCUT2D eigenvalue weighted by atomic mass is 127. The lowest BCUT2D eigenvalue weighted by molar-refractivity contribution is 0.150. The van der Waals surface area contributed by atoms with Crippen LogP contribution in [0.25, 0.3) is 0 Å². The van der Waals surface area contributed by atoms with E-state index < -0.39 is 0 Å². The predicted octanol–water partition coefficient (Wildman–Crippen LogP) is 3.30. The van der Waals surface area contributed by atoms with Crippen LogP contribution in [0.3, 0.4) is 0 Å². The molecule has 1 heterocycles. The summed E-state index contributed by atoms with van der Waals surface area (Å²) in [6.45, 7) is 2.56. The molecule has 0 spiro atoms. The molecular formula is C19H33IN6. The molecule has 3 saturated carbocycles. The van der Waals surface area contributed by atoms with Crippen molar-refractivity contribution >= 4 is 29.9 Å². The third kappa shape index (κ3) is 4.89. The third-order valence-corrected chi connectivity index (χ3v) is 6.36. The Morgan fingerprint density at radius 1 is 1.00 bits per heavy atom. The van der Waals surface area contributed by atoms with Gasteiger partial charge in [-0.1, -0.05) is 25.7 Å². The van der Waals surface area contributed by atoms with Gasteiger partial charge in [-0.25, -0.2) is 4.99 Å². The van der Waals surface area contributed by atoms with Gasteiger partial charge < -0.3 is 15.2 Å². The lowest BCUT2D eigenvalue weighted by Gasteiger charge is -2.39. The molecule has 3 unspecified atom stereocenters. The molecule has 4 rings (SSSR count). The summed E-state index contributed by atoms with van der Waals surface area (Å²) < 4.78 is 2.02. The number of aryl methyl sites for hydroxylation is 1. The maximum Gasteiger partial charge on any atom is 0.192 e. The summed E-state index contributed by atoms with van der Waals surface area (Å²) in [5.41, 5.74) is 0. The predicted molar refractivity (Wildman–Crippen MR) is 115 cm³/mol. The van der Waals surface area contributed by atoms with E-state index in [9.17, 15) is 0 Å². The van der Waals surface area contributed by atoms with Crippen LogP contribution in [0.4, 0.5) is 0 Å². The molecule has 26 heavy (non-hydrogen) atoms. The quantitative estimate of drug-likeness (QED) is 0.401. The number of hydrogen-bond acceptors (Lipinski definition) is 3. The second kappa shape index (κ2) is 8.89. The average molecular weight is 472 g/mol. The van der Waals surface area contributed by atoms with Crippen molar-refractivity contribution < 1.29 is 0 Å². The summed E-state index contributed by atoms with van der Waals surface area (Å²) in [4.78, 5) is 4.82. The summed E-state index contributed by atoms with van der Waals surface area (Å²) in [5.74, 6) is 4.76. The van der Waals surface area contributed by atoms with Crippen molar-refractivity contribution in [2.45, 2.75) is 83.3 Å². The molecular weight excluding hydrogens is 439 g/mol. The fourth-order valence-corrected chi connectivity index (χ4v) is 4.49. The zero-order chi connectivity index (χ0) is 17.2. The monoisotopic (exact) mass is 472 g/mol. The van der Waals surface area contributed by atoms with Crippen molar-refractivity contribution in [1.29, 1.82) is 0 Å². The minimum atomic E-state index is 0. The molecule has 3 aliphatic carbocycles. The Labute approximate surface area is 174 Å². The summed E-state index contributed by atoms with van der Waals surface area (Å²) in [5, 5.41) is 15.7. The van der Waals surface area contributed by atoms with Gasteiger partial charge in [-0.05, 0) is 50.9 Å². The fourth-order valence-electron chi connectivity index (χ4n) is 4.49. The molecule has 146 valence electrons. The molecule has 0 amide bonds. The van der Waals surface area contributed by atoms with Crippen LogP contribution in [0, 0.1) is 18.8 Å². The maximum atomic E-state index is 4.82. The minimum Gasteiger partial charge on any atom is -0.354 e. The first-order chi connectivity index (χ1) is 12.2. The Hall–Kier alpha value is -0.860. The van der Waals surface area contributed by atoms with Crippen molar-refractivity contribution in [3.63, 3.8) is 0 Å². The minimum absolute atomic E-state index is 0. The summed E-state index contributed by atoms with van der Waals surface area (Å²) in [6.07, 6.45) is 12.3. The first-order valence-corrected chi connectivity index (χ1v) is 10.1. The molecule has 1 aromatic heterocycles. The SMILES string of the molecule is Cc1nnc(CN=C(NC2CC2)NC2CCC3CCCCC3C2)n1C.I. The molecule has 2 N–H and O–H groups in total. The zero-order valence-corrected chi connectivity index (χ0v) is 18.4. The highest BCUT2D eigenvalue weighted by molar-refractivity contribution is 14.0. The Balaban J connectivity index is 0.00000196. The van der Waals surface area contributed by atoms with Gasteiger partial charge in [-0.3, -0.25) is 0 Å². The van der Waals surface area contributed by atoms with Crippen LogP contribution in [0.5, 0.6) is 0 Å². The van der Waals surface area contributed by atoms with Crippen LogP contribution in [0.15, 0.2) is 4.99 Å². The van der Waals surface area contributed by atoms with Gasteiger partial charge in [0.25, 0.3) is 0 Å². The smallest absolute Gasteiger partial charge is 0.192 e. The molecule has 3 fully saturated rings. The number of nitrogens with zero attached hydrogens (tertiary/aromatic N) is 4. The van der Waals surface area contributed by atoms with Gasteiger partial charge in [0.05, 0.1) is 0 Å². The lowest BCUT2D eigenvalue weighted by atomic mass is 9.69. The molecule has 0 aliphatic heterocycles. The van der Waals surface area contributed by atoms with Crippen molar-refractivity contribution in [1.82, 2.24) is 25.4 Å². The number of rotatable bonds is 4. The van der Waals surface area contributed by atoms with E-state index in [4.69, 9.17) is 4.99 Å². The fraction of sp³-hybridized carbons (Fsp3) is 0.842. The normalized spacial score (nSPS) is 28.8. The van der Waals surface area contributed by atoms with Gasteiger partial charge in [-0.15, -0.1) is 34.2 Å². The Morgan fingerprint density at radius 3 is 2.38 bits per heavy atom. The van der Waals surface area contributed by atoms with Gasteiger partial charge in [-0.2, -0.15) is 0 Å². The summed E-state index contributed by atoms with van der Waals surface area (Å²) >= 11 is 0. The number of aromatic nitrogens is 3. The molecule has 7 heteroatoms. The molecule has 6 nitrogen and oxygen atoms in total. The summed E-state index contributed by atoms with van der Waals surface area (Å²) in [7, 11) is 2.01. The van der Waals surface area contributed by atoms with E-state index in [0.29, 0.717) is 18.6 Å². The highest BCUT2D eigenvalue weighted by Gasteiger charge is 2.33. The van der Waals surface area contributed by atoms with E-state index in [1.165, 1.54) is 57.8 Å². The molecule has 3 aliphatic rings. The average Bonchev–Trinajstić information content (AvgIpc) is 3.39. The number of halogens is 1. The van der Waals surface area contributed by atoms with Crippen LogP contribution in [0.2, 0.25) is 0 Å². The van der Waals surface area contributed by atoms with Crippen LogP contribution >= 0.6 is 24.0 Å². The number of fused-ring (bicyclic) bond motifs is 1. The van der Waals surface area contributed by atoms with E-state index in [0.717, 1.165) is 29.4 Å². The number of hydrogen-bond donors (Lipinski definition) is 2. The molecule has 1 aromatic rings. The van der Waals surface area contributed by atoms with Gasteiger partial charge in [0.15, 0.2) is 11.8 Å². The number of nitrogens with one attached hydrogen (secondary N) is 2. The van der Waals surface area contributed by atoms with Crippen molar-refractivity contribution in [2.24, 2.45) is 23.9 Å². The molecule has 0 radical (unpaired) electrons. The Morgan fingerprint density at radius 2 is 1.69 bits per heavy atom. The van der Waals surface area contributed by atoms with E-state index in [1.54, 1.807) is 0 Å². The van der Waals surface area contributed by atoms with Crippen LogP contribution in [-0.4, -0.2) is 32.8 Å². The van der Waals surface area contributed by atoms with Crippen molar-refractivity contribution in [3.05, 3.63) is 11.6 Å².